The number of carbonyl (C=O) groups excluding carboxylic acids is 1. The van der Waals surface area contributed by atoms with Crippen LogP contribution in [0.4, 0.5) is 26.5 Å². The number of halogens is 1. The standard InChI is InChI=1S/C25H25FN6O2S/c1-25(2,3)22-32-20(19-11-12-28-23(27)31-19)21(35-22)17-13-15(7-10-18(17)26)30-24(33)29-14-5-8-16(34-4)9-6-14/h5-13H,1-4H3,(H2,27,28,31)(H2,29,30,33). The minimum Gasteiger partial charge on any atom is -0.497 e. The summed E-state index contributed by atoms with van der Waals surface area (Å²) in [5.41, 5.74) is 7.83. The van der Waals surface area contributed by atoms with Gasteiger partial charge in [0.1, 0.15) is 17.3 Å². The maximum Gasteiger partial charge on any atom is 0.323 e. The van der Waals surface area contributed by atoms with Crippen molar-refractivity contribution in [3.8, 4) is 27.6 Å². The van der Waals surface area contributed by atoms with Crippen molar-refractivity contribution in [2.45, 2.75) is 26.2 Å². The molecule has 0 aliphatic heterocycles. The fourth-order valence-electron chi connectivity index (χ4n) is 3.25. The Kier molecular flexibility index (Phi) is 6.65. The Hall–Kier alpha value is -4.05. The molecule has 0 radical (unpaired) electrons. The van der Waals surface area contributed by atoms with Crippen molar-refractivity contribution >= 4 is 34.7 Å². The van der Waals surface area contributed by atoms with Gasteiger partial charge in [-0.05, 0) is 48.5 Å². The first kappa shape index (κ1) is 24.1. The molecule has 0 saturated carbocycles. The third kappa shape index (κ3) is 5.55. The molecule has 180 valence electrons. The number of thiazole rings is 1. The molecule has 2 amide bonds. The highest BCUT2D eigenvalue weighted by molar-refractivity contribution is 7.15. The Morgan fingerprint density at radius 1 is 1.03 bits per heavy atom. The van der Waals surface area contributed by atoms with Gasteiger partial charge >= 0.3 is 6.03 Å². The van der Waals surface area contributed by atoms with Gasteiger partial charge in [-0.1, -0.05) is 20.8 Å². The molecule has 0 saturated heterocycles. The van der Waals surface area contributed by atoms with Gasteiger partial charge in [0.25, 0.3) is 0 Å². The maximum absolute atomic E-state index is 15.1. The summed E-state index contributed by atoms with van der Waals surface area (Å²) in [5, 5.41) is 6.31. The van der Waals surface area contributed by atoms with Crippen LogP contribution < -0.4 is 21.1 Å². The van der Waals surface area contributed by atoms with E-state index in [4.69, 9.17) is 15.5 Å². The molecule has 35 heavy (non-hydrogen) atoms. The van der Waals surface area contributed by atoms with Gasteiger partial charge in [-0.3, -0.25) is 0 Å². The van der Waals surface area contributed by atoms with Crippen LogP contribution in [0.2, 0.25) is 0 Å². The number of anilines is 3. The SMILES string of the molecule is COc1ccc(NC(=O)Nc2ccc(F)c(-c3sc(C(C)(C)C)nc3-c3ccnc(N)n3)c2)cc1. The van der Waals surface area contributed by atoms with Crippen LogP contribution in [0.3, 0.4) is 0 Å². The van der Waals surface area contributed by atoms with Gasteiger partial charge in [0, 0.05) is 28.6 Å². The third-order valence-electron chi connectivity index (χ3n) is 5.00. The summed E-state index contributed by atoms with van der Waals surface area (Å²) in [6.07, 6.45) is 1.54. The van der Waals surface area contributed by atoms with Crippen molar-refractivity contribution < 1.29 is 13.9 Å². The zero-order chi connectivity index (χ0) is 25.2. The van der Waals surface area contributed by atoms with E-state index in [-0.39, 0.29) is 11.4 Å². The minimum atomic E-state index is -0.462. The molecule has 4 N–H and O–H groups in total. The highest BCUT2D eigenvalue weighted by Gasteiger charge is 2.25. The lowest BCUT2D eigenvalue weighted by molar-refractivity contribution is 0.262. The summed E-state index contributed by atoms with van der Waals surface area (Å²) < 4.78 is 20.2. The zero-order valence-electron chi connectivity index (χ0n) is 19.7. The fourth-order valence-corrected chi connectivity index (χ4v) is 4.40. The van der Waals surface area contributed by atoms with Gasteiger partial charge in [-0.2, -0.15) is 0 Å². The zero-order valence-corrected chi connectivity index (χ0v) is 20.5. The Morgan fingerprint density at radius 2 is 1.71 bits per heavy atom. The molecule has 10 heteroatoms. The van der Waals surface area contributed by atoms with Gasteiger partial charge in [0.2, 0.25) is 5.95 Å². The minimum absolute atomic E-state index is 0.102. The van der Waals surface area contributed by atoms with Crippen LogP contribution in [0.5, 0.6) is 5.75 Å². The van der Waals surface area contributed by atoms with E-state index < -0.39 is 11.8 Å². The molecule has 0 spiro atoms. The number of urea groups is 1. The molecular weight excluding hydrogens is 467 g/mol. The first-order chi connectivity index (χ1) is 16.6. The first-order valence-electron chi connectivity index (χ1n) is 10.8. The van der Waals surface area contributed by atoms with Crippen LogP contribution in [-0.2, 0) is 5.41 Å². The Labute approximate surface area is 206 Å². The van der Waals surface area contributed by atoms with E-state index in [1.165, 1.54) is 29.7 Å². The Balaban J connectivity index is 1.67. The van der Waals surface area contributed by atoms with Crippen molar-refractivity contribution in [1.82, 2.24) is 15.0 Å². The highest BCUT2D eigenvalue weighted by Crippen LogP contribution is 2.41. The number of rotatable bonds is 5. The molecule has 2 aromatic carbocycles. The lowest BCUT2D eigenvalue weighted by Gasteiger charge is -2.13. The van der Waals surface area contributed by atoms with Crippen molar-refractivity contribution in [2.75, 3.05) is 23.5 Å². The van der Waals surface area contributed by atoms with Crippen molar-refractivity contribution in [3.63, 3.8) is 0 Å². The maximum atomic E-state index is 15.1. The summed E-state index contributed by atoms with van der Waals surface area (Å²) in [6, 6.07) is 12.5. The molecule has 0 bridgehead atoms. The number of methoxy groups -OCH3 is 1. The number of hydrogen-bond acceptors (Lipinski definition) is 7. The van der Waals surface area contributed by atoms with E-state index in [0.717, 1.165) is 5.01 Å². The summed E-state index contributed by atoms with van der Waals surface area (Å²) in [6.45, 7) is 6.10. The number of carbonyl (C=O) groups is 1. The van der Waals surface area contributed by atoms with Crippen molar-refractivity contribution in [1.29, 1.82) is 0 Å². The van der Waals surface area contributed by atoms with E-state index in [1.54, 1.807) is 43.5 Å². The molecule has 2 aromatic heterocycles. The van der Waals surface area contributed by atoms with E-state index in [1.807, 2.05) is 20.8 Å². The van der Waals surface area contributed by atoms with E-state index in [2.05, 4.69) is 20.6 Å². The van der Waals surface area contributed by atoms with Crippen molar-refractivity contribution in [3.05, 3.63) is 65.6 Å². The number of nitrogen functional groups attached to an aromatic ring is 1. The number of nitrogens with two attached hydrogens (primary N) is 1. The second-order valence-corrected chi connectivity index (χ2v) is 9.75. The molecular formula is C25H25FN6O2S. The van der Waals surface area contributed by atoms with Crippen molar-refractivity contribution in [2.24, 2.45) is 0 Å². The Bertz CT molecular complexity index is 1370. The molecule has 8 nitrogen and oxygen atoms in total. The van der Waals surface area contributed by atoms with E-state index >= 15 is 4.39 Å². The molecule has 4 rings (SSSR count). The summed E-state index contributed by atoms with van der Waals surface area (Å²) >= 11 is 1.38. The van der Waals surface area contributed by atoms with Gasteiger partial charge < -0.3 is 21.1 Å². The molecule has 2 heterocycles. The molecule has 0 aliphatic rings. The number of aromatic nitrogens is 3. The van der Waals surface area contributed by atoms with Gasteiger partial charge in [-0.15, -0.1) is 11.3 Å². The monoisotopic (exact) mass is 492 g/mol. The summed E-state index contributed by atoms with van der Waals surface area (Å²) in [5.74, 6) is 0.336. The molecule has 0 fully saturated rings. The largest absolute Gasteiger partial charge is 0.497 e. The average Bonchev–Trinajstić information content (AvgIpc) is 3.27. The van der Waals surface area contributed by atoms with Gasteiger partial charge in [0.05, 0.1) is 22.7 Å². The lowest BCUT2D eigenvalue weighted by Crippen LogP contribution is -2.19. The van der Waals surface area contributed by atoms with E-state index in [0.29, 0.717) is 39.0 Å². The smallest absolute Gasteiger partial charge is 0.323 e. The highest BCUT2D eigenvalue weighted by atomic mass is 32.1. The number of nitrogens with zero attached hydrogens (tertiary/aromatic N) is 3. The van der Waals surface area contributed by atoms with Crippen LogP contribution in [-0.4, -0.2) is 28.1 Å². The second-order valence-electron chi connectivity index (χ2n) is 8.75. The lowest BCUT2D eigenvalue weighted by atomic mass is 9.98. The summed E-state index contributed by atoms with van der Waals surface area (Å²) in [4.78, 5) is 26.1. The number of amides is 2. The normalized spacial score (nSPS) is 11.2. The van der Waals surface area contributed by atoms with Gasteiger partial charge in [0.15, 0.2) is 0 Å². The molecule has 0 atom stereocenters. The topological polar surface area (TPSA) is 115 Å². The fraction of sp³-hybridized carbons (Fsp3) is 0.200. The number of hydrogen-bond donors (Lipinski definition) is 3. The molecule has 0 unspecified atom stereocenters. The number of nitrogens with one attached hydrogen (secondary N) is 2. The first-order valence-corrected chi connectivity index (χ1v) is 11.6. The van der Waals surface area contributed by atoms with Gasteiger partial charge in [-0.25, -0.2) is 24.1 Å². The van der Waals surface area contributed by atoms with Crippen LogP contribution in [0.1, 0.15) is 25.8 Å². The quantitative estimate of drug-likeness (QED) is 0.318. The molecule has 4 aromatic rings. The third-order valence-corrected chi connectivity index (χ3v) is 6.52. The van der Waals surface area contributed by atoms with Crippen LogP contribution in [0.15, 0.2) is 54.7 Å². The van der Waals surface area contributed by atoms with E-state index in [9.17, 15) is 4.79 Å². The Morgan fingerprint density at radius 3 is 2.37 bits per heavy atom. The molecule has 0 aliphatic carbocycles. The predicted octanol–water partition coefficient (Wildman–Crippen LogP) is 5.94. The number of ether oxygens (including phenoxy) is 1. The predicted molar refractivity (Wildman–Crippen MR) is 137 cm³/mol. The summed E-state index contributed by atoms with van der Waals surface area (Å²) in [7, 11) is 1.57. The van der Waals surface area contributed by atoms with Crippen LogP contribution in [0, 0.1) is 5.82 Å². The second kappa shape index (κ2) is 9.67. The number of benzene rings is 2. The average molecular weight is 493 g/mol. The van der Waals surface area contributed by atoms with Crippen LogP contribution >= 0.6 is 11.3 Å². The van der Waals surface area contributed by atoms with Crippen LogP contribution in [0.25, 0.3) is 21.8 Å².